The molecule has 0 unspecified atom stereocenters. The molecule has 0 aromatic heterocycles. The number of anilines is 1. The average molecular weight is 463 g/mol. The van der Waals surface area contributed by atoms with E-state index in [2.05, 4.69) is 10.0 Å². The van der Waals surface area contributed by atoms with Gasteiger partial charge in [0.05, 0.1) is 11.6 Å². The maximum Gasteiger partial charge on any atom is 0.263 e. The number of hydrogen-bond acceptors (Lipinski definition) is 4. The quantitative estimate of drug-likeness (QED) is 0.486. The zero-order valence-corrected chi connectivity index (χ0v) is 18.1. The number of nitrogens with one attached hydrogen (secondary N) is 2. The summed E-state index contributed by atoms with van der Waals surface area (Å²) in [5.74, 6) is -0.379. The molecule has 3 aromatic rings. The molecule has 0 fully saturated rings. The summed E-state index contributed by atoms with van der Waals surface area (Å²) in [5.41, 5.74) is 1.42. The Morgan fingerprint density at radius 1 is 1.06 bits per heavy atom. The van der Waals surface area contributed by atoms with Crippen LogP contribution in [0.3, 0.4) is 0 Å². The average Bonchev–Trinajstić information content (AvgIpc) is 2.72. The molecule has 0 bridgehead atoms. The van der Waals surface area contributed by atoms with Crippen molar-refractivity contribution in [2.24, 2.45) is 0 Å². The van der Waals surface area contributed by atoms with Crippen LogP contribution in [-0.2, 0) is 10.0 Å². The molecule has 0 atom stereocenters. The third-order valence-electron chi connectivity index (χ3n) is 4.22. The summed E-state index contributed by atoms with van der Waals surface area (Å²) < 4.78 is 46.3. The standard InChI is InChI=1S/C22H20ClFN2O4S/c1-15-3-2-4-18(13-15)26-31(28,29)21-14-16(5-10-20(21)23)22(27)25-11-12-30-19-8-6-17(24)7-9-19/h2-10,13-14,26H,11-12H2,1H3,(H,25,27). The maximum absolute atomic E-state index is 12.9. The smallest absolute Gasteiger partial charge is 0.263 e. The summed E-state index contributed by atoms with van der Waals surface area (Å²) >= 11 is 6.09. The molecule has 0 radical (unpaired) electrons. The number of carbonyl (C=O) groups is 1. The van der Waals surface area contributed by atoms with Gasteiger partial charge in [0, 0.05) is 11.3 Å². The van der Waals surface area contributed by atoms with Crippen molar-refractivity contribution in [2.45, 2.75) is 11.8 Å². The van der Waals surface area contributed by atoms with Gasteiger partial charge in [-0.2, -0.15) is 0 Å². The fraction of sp³-hybridized carbons (Fsp3) is 0.136. The van der Waals surface area contributed by atoms with Gasteiger partial charge in [-0.15, -0.1) is 0 Å². The molecule has 1 amide bonds. The van der Waals surface area contributed by atoms with E-state index in [4.69, 9.17) is 16.3 Å². The second kappa shape index (κ2) is 9.80. The van der Waals surface area contributed by atoms with Gasteiger partial charge in [0.1, 0.15) is 23.1 Å². The molecule has 0 saturated carbocycles. The van der Waals surface area contributed by atoms with Crippen LogP contribution in [-0.4, -0.2) is 27.5 Å². The molecule has 162 valence electrons. The Kier molecular flexibility index (Phi) is 7.14. The largest absolute Gasteiger partial charge is 0.492 e. The summed E-state index contributed by atoms with van der Waals surface area (Å²) in [6.07, 6.45) is 0. The summed E-state index contributed by atoms with van der Waals surface area (Å²) in [6.45, 7) is 2.17. The minimum Gasteiger partial charge on any atom is -0.492 e. The Labute approximate surface area is 185 Å². The van der Waals surface area contributed by atoms with Gasteiger partial charge in [-0.05, 0) is 67.1 Å². The molecule has 0 heterocycles. The van der Waals surface area contributed by atoms with E-state index in [1.807, 2.05) is 13.0 Å². The van der Waals surface area contributed by atoms with E-state index in [9.17, 15) is 17.6 Å². The van der Waals surface area contributed by atoms with E-state index in [0.29, 0.717) is 11.4 Å². The highest BCUT2D eigenvalue weighted by atomic mass is 35.5. The second-order valence-electron chi connectivity index (χ2n) is 6.68. The number of amides is 1. The summed E-state index contributed by atoms with van der Waals surface area (Å²) in [5, 5.41) is 2.64. The van der Waals surface area contributed by atoms with Gasteiger partial charge >= 0.3 is 0 Å². The molecule has 0 spiro atoms. The summed E-state index contributed by atoms with van der Waals surface area (Å²) in [7, 11) is -4.00. The molecule has 3 rings (SSSR count). The molecule has 3 aromatic carbocycles. The molecular formula is C22H20ClFN2O4S. The lowest BCUT2D eigenvalue weighted by Crippen LogP contribution is -2.28. The van der Waals surface area contributed by atoms with Gasteiger partial charge in [0.2, 0.25) is 0 Å². The van der Waals surface area contributed by atoms with Crippen LogP contribution in [0, 0.1) is 12.7 Å². The van der Waals surface area contributed by atoms with Crippen molar-refractivity contribution in [2.75, 3.05) is 17.9 Å². The minimum atomic E-state index is -4.00. The predicted octanol–water partition coefficient (Wildman–Crippen LogP) is 4.40. The maximum atomic E-state index is 12.9. The third kappa shape index (κ3) is 6.19. The number of rotatable bonds is 8. The molecule has 0 aliphatic carbocycles. The van der Waals surface area contributed by atoms with E-state index in [-0.39, 0.29) is 34.5 Å². The van der Waals surface area contributed by atoms with Crippen molar-refractivity contribution in [1.29, 1.82) is 0 Å². The van der Waals surface area contributed by atoms with Crippen LogP contribution in [0.1, 0.15) is 15.9 Å². The monoisotopic (exact) mass is 462 g/mol. The molecule has 0 aliphatic rings. The van der Waals surface area contributed by atoms with E-state index in [0.717, 1.165) is 5.56 Å². The van der Waals surface area contributed by atoms with E-state index < -0.39 is 15.9 Å². The highest BCUT2D eigenvalue weighted by molar-refractivity contribution is 7.92. The van der Waals surface area contributed by atoms with E-state index in [1.165, 1.54) is 42.5 Å². The zero-order valence-electron chi connectivity index (χ0n) is 16.6. The first-order valence-corrected chi connectivity index (χ1v) is 11.2. The number of hydrogen-bond donors (Lipinski definition) is 2. The molecule has 31 heavy (non-hydrogen) atoms. The van der Waals surface area contributed by atoms with Gasteiger partial charge in [-0.1, -0.05) is 23.7 Å². The molecule has 0 aliphatic heterocycles. The van der Waals surface area contributed by atoms with Gasteiger partial charge < -0.3 is 10.1 Å². The number of aryl methyl sites for hydroxylation is 1. The van der Waals surface area contributed by atoms with Crippen molar-refractivity contribution in [3.8, 4) is 5.75 Å². The van der Waals surface area contributed by atoms with Crippen LogP contribution >= 0.6 is 11.6 Å². The van der Waals surface area contributed by atoms with Gasteiger partial charge in [0.15, 0.2) is 0 Å². The van der Waals surface area contributed by atoms with Gasteiger partial charge in [-0.25, -0.2) is 12.8 Å². The Hall–Kier alpha value is -3.10. The lowest BCUT2D eigenvalue weighted by atomic mass is 10.2. The van der Waals surface area contributed by atoms with Crippen LogP contribution < -0.4 is 14.8 Å². The SMILES string of the molecule is Cc1cccc(NS(=O)(=O)c2cc(C(=O)NCCOc3ccc(F)cc3)ccc2Cl)c1. The Bertz CT molecular complexity index is 1180. The molecule has 2 N–H and O–H groups in total. The third-order valence-corrected chi connectivity index (χ3v) is 6.09. The first-order valence-electron chi connectivity index (χ1n) is 9.30. The van der Waals surface area contributed by atoms with Gasteiger partial charge in [0.25, 0.3) is 15.9 Å². The highest BCUT2D eigenvalue weighted by Gasteiger charge is 2.20. The molecular weight excluding hydrogens is 443 g/mol. The van der Waals surface area contributed by atoms with Crippen LogP contribution in [0.25, 0.3) is 0 Å². The zero-order chi connectivity index (χ0) is 22.4. The molecule has 9 heteroatoms. The van der Waals surface area contributed by atoms with Gasteiger partial charge in [-0.3, -0.25) is 9.52 Å². The number of benzene rings is 3. The number of sulfonamides is 1. The van der Waals surface area contributed by atoms with Crippen LogP contribution in [0.15, 0.2) is 71.6 Å². The first kappa shape index (κ1) is 22.6. The molecule has 0 saturated heterocycles. The summed E-state index contributed by atoms with van der Waals surface area (Å²) in [6, 6.07) is 16.4. The van der Waals surface area contributed by atoms with Crippen LogP contribution in [0.5, 0.6) is 5.75 Å². The topological polar surface area (TPSA) is 84.5 Å². The Morgan fingerprint density at radius 2 is 1.81 bits per heavy atom. The normalized spacial score (nSPS) is 11.1. The van der Waals surface area contributed by atoms with Crippen LogP contribution in [0.2, 0.25) is 5.02 Å². The van der Waals surface area contributed by atoms with Crippen molar-refractivity contribution in [3.63, 3.8) is 0 Å². The second-order valence-corrected chi connectivity index (χ2v) is 8.74. The van der Waals surface area contributed by atoms with Crippen molar-refractivity contribution in [1.82, 2.24) is 5.32 Å². The van der Waals surface area contributed by atoms with E-state index in [1.54, 1.807) is 18.2 Å². The fourth-order valence-electron chi connectivity index (χ4n) is 2.74. The summed E-state index contributed by atoms with van der Waals surface area (Å²) in [4.78, 5) is 12.2. The predicted molar refractivity (Wildman–Crippen MR) is 118 cm³/mol. The number of carbonyl (C=O) groups excluding carboxylic acids is 1. The number of ether oxygens (including phenoxy) is 1. The van der Waals surface area contributed by atoms with Crippen LogP contribution in [0.4, 0.5) is 10.1 Å². The lowest BCUT2D eigenvalue weighted by molar-refractivity contribution is 0.0947. The van der Waals surface area contributed by atoms with Crippen molar-refractivity contribution in [3.05, 3.63) is 88.7 Å². The number of halogens is 2. The van der Waals surface area contributed by atoms with Crippen molar-refractivity contribution < 1.29 is 22.3 Å². The van der Waals surface area contributed by atoms with Crippen molar-refractivity contribution >= 4 is 33.2 Å². The van der Waals surface area contributed by atoms with E-state index >= 15 is 0 Å². The lowest BCUT2D eigenvalue weighted by Gasteiger charge is -2.12. The highest BCUT2D eigenvalue weighted by Crippen LogP contribution is 2.25. The Balaban J connectivity index is 1.65. The Morgan fingerprint density at radius 3 is 2.52 bits per heavy atom. The first-order chi connectivity index (χ1) is 14.7. The minimum absolute atomic E-state index is 0.00338. The molecule has 6 nitrogen and oxygen atoms in total. The fourth-order valence-corrected chi connectivity index (χ4v) is 4.31.